The number of nitrogens with one attached hydrogen (secondary N) is 2. The van der Waals surface area contributed by atoms with Crippen LogP contribution in [0.25, 0.3) is 0 Å². The minimum Gasteiger partial charge on any atom is -0.444 e. The molecule has 1 aromatic rings. The molecular weight excluding hydrogens is 224 g/mol. The van der Waals surface area contributed by atoms with Gasteiger partial charge in [0.05, 0.1) is 18.3 Å². The molecule has 0 spiro atoms. The molecule has 0 fully saturated rings. The summed E-state index contributed by atoms with van der Waals surface area (Å²) in [5.41, 5.74) is 0.739. The van der Waals surface area contributed by atoms with E-state index in [1.165, 1.54) is 0 Å². The van der Waals surface area contributed by atoms with Crippen molar-refractivity contribution in [3.8, 4) is 6.07 Å². The zero-order valence-corrected chi connectivity index (χ0v) is 9.53. The van der Waals surface area contributed by atoms with E-state index in [9.17, 15) is 9.59 Å². The van der Waals surface area contributed by atoms with Crippen LogP contribution in [0.2, 0.25) is 0 Å². The SMILES string of the molecule is Cc1nc(CNC(=O)C(=O)NCC#N)oc1C. The third-order valence-electron chi connectivity index (χ3n) is 2.01. The first-order valence-electron chi connectivity index (χ1n) is 4.90. The smallest absolute Gasteiger partial charge is 0.310 e. The van der Waals surface area contributed by atoms with E-state index < -0.39 is 11.8 Å². The molecule has 0 aliphatic carbocycles. The van der Waals surface area contributed by atoms with Gasteiger partial charge in [0.15, 0.2) is 0 Å². The summed E-state index contributed by atoms with van der Waals surface area (Å²) in [6.45, 7) is 3.37. The van der Waals surface area contributed by atoms with Crippen molar-refractivity contribution in [2.45, 2.75) is 20.4 Å². The number of oxazole rings is 1. The van der Waals surface area contributed by atoms with E-state index in [1.54, 1.807) is 19.9 Å². The fraction of sp³-hybridized carbons (Fsp3) is 0.400. The fourth-order valence-corrected chi connectivity index (χ4v) is 1.05. The Balaban J connectivity index is 2.43. The average molecular weight is 236 g/mol. The predicted octanol–water partition coefficient (Wildman–Crippen LogP) is -0.453. The lowest BCUT2D eigenvalue weighted by atomic mass is 10.4. The first kappa shape index (κ1) is 12.7. The Morgan fingerprint density at radius 3 is 2.53 bits per heavy atom. The number of nitrogens with zero attached hydrogens (tertiary/aromatic N) is 2. The predicted molar refractivity (Wildman–Crippen MR) is 56.4 cm³/mol. The highest BCUT2D eigenvalue weighted by Crippen LogP contribution is 2.07. The fourth-order valence-electron chi connectivity index (χ4n) is 1.05. The van der Waals surface area contributed by atoms with Gasteiger partial charge in [-0.15, -0.1) is 0 Å². The summed E-state index contributed by atoms with van der Waals surface area (Å²) in [6, 6.07) is 1.70. The lowest BCUT2D eigenvalue weighted by Crippen LogP contribution is -2.39. The first-order chi connectivity index (χ1) is 8.04. The second-order valence-electron chi connectivity index (χ2n) is 3.27. The molecule has 2 amide bonds. The number of hydrogen-bond acceptors (Lipinski definition) is 5. The molecule has 0 bridgehead atoms. The van der Waals surface area contributed by atoms with Gasteiger partial charge in [-0.1, -0.05) is 0 Å². The molecule has 1 heterocycles. The van der Waals surface area contributed by atoms with Crippen molar-refractivity contribution >= 4 is 11.8 Å². The zero-order chi connectivity index (χ0) is 12.8. The molecule has 1 rings (SSSR count). The molecule has 0 atom stereocenters. The van der Waals surface area contributed by atoms with Crippen LogP contribution < -0.4 is 10.6 Å². The summed E-state index contributed by atoms with van der Waals surface area (Å²) in [5, 5.41) is 12.7. The number of aryl methyl sites for hydroxylation is 2. The van der Waals surface area contributed by atoms with Crippen molar-refractivity contribution in [1.29, 1.82) is 5.26 Å². The molecule has 90 valence electrons. The van der Waals surface area contributed by atoms with Crippen LogP contribution in [-0.2, 0) is 16.1 Å². The maximum atomic E-state index is 11.2. The molecule has 7 nitrogen and oxygen atoms in total. The van der Waals surface area contributed by atoms with Crippen molar-refractivity contribution in [2.24, 2.45) is 0 Å². The highest BCUT2D eigenvalue weighted by Gasteiger charge is 2.13. The number of carbonyl (C=O) groups excluding carboxylic acids is 2. The topological polar surface area (TPSA) is 108 Å². The van der Waals surface area contributed by atoms with Gasteiger partial charge in [0.1, 0.15) is 12.3 Å². The van der Waals surface area contributed by atoms with Gasteiger partial charge in [-0.2, -0.15) is 5.26 Å². The van der Waals surface area contributed by atoms with Gasteiger partial charge in [0.25, 0.3) is 0 Å². The Bertz CT molecular complexity index is 453. The van der Waals surface area contributed by atoms with E-state index in [4.69, 9.17) is 9.68 Å². The molecular formula is C10H12N4O3. The van der Waals surface area contributed by atoms with E-state index in [0.29, 0.717) is 11.7 Å². The van der Waals surface area contributed by atoms with Gasteiger partial charge in [-0.05, 0) is 13.8 Å². The van der Waals surface area contributed by atoms with Crippen LogP contribution in [0, 0.1) is 25.2 Å². The number of carbonyl (C=O) groups is 2. The number of rotatable bonds is 3. The maximum Gasteiger partial charge on any atom is 0.310 e. The standard InChI is InChI=1S/C10H12N4O3/c1-6-7(2)17-8(14-6)5-13-10(16)9(15)12-4-3-11/h4-5H2,1-2H3,(H,12,15)(H,13,16). The van der Waals surface area contributed by atoms with Crippen LogP contribution in [0.5, 0.6) is 0 Å². The van der Waals surface area contributed by atoms with E-state index >= 15 is 0 Å². The van der Waals surface area contributed by atoms with Crippen molar-refractivity contribution in [3.63, 3.8) is 0 Å². The Morgan fingerprint density at radius 1 is 1.35 bits per heavy atom. The molecule has 17 heavy (non-hydrogen) atoms. The zero-order valence-electron chi connectivity index (χ0n) is 9.53. The van der Waals surface area contributed by atoms with Gasteiger partial charge in [-0.3, -0.25) is 9.59 Å². The third kappa shape index (κ3) is 3.61. The molecule has 2 N–H and O–H groups in total. The Morgan fingerprint density at radius 2 is 2.00 bits per heavy atom. The number of aromatic nitrogens is 1. The first-order valence-corrected chi connectivity index (χ1v) is 4.90. The van der Waals surface area contributed by atoms with Gasteiger partial charge >= 0.3 is 11.8 Å². The highest BCUT2D eigenvalue weighted by atomic mass is 16.4. The maximum absolute atomic E-state index is 11.2. The van der Waals surface area contributed by atoms with Crippen LogP contribution in [0.4, 0.5) is 0 Å². The lowest BCUT2D eigenvalue weighted by molar-refractivity contribution is -0.139. The largest absolute Gasteiger partial charge is 0.444 e. The highest BCUT2D eigenvalue weighted by molar-refractivity contribution is 6.35. The van der Waals surface area contributed by atoms with Gasteiger partial charge in [0, 0.05) is 0 Å². The summed E-state index contributed by atoms with van der Waals surface area (Å²) < 4.78 is 5.22. The third-order valence-corrected chi connectivity index (χ3v) is 2.01. The average Bonchev–Trinajstić information content (AvgIpc) is 2.62. The minimum absolute atomic E-state index is 0.0352. The van der Waals surface area contributed by atoms with Crippen molar-refractivity contribution in [1.82, 2.24) is 15.6 Å². The second kappa shape index (κ2) is 5.65. The van der Waals surface area contributed by atoms with Gasteiger partial charge < -0.3 is 15.1 Å². The van der Waals surface area contributed by atoms with E-state index in [1.807, 2.05) is 0 Å². The lowest BCUT2D eigenvalue weighted by Gasteiger charge is -2.01. The summed E-state index contributed by atoms with van der Waals surface area (Å²) in [7, 11) is 0. The van der Waals surface area contributed by atoms with E-state index in [0.717, 1.165) is 5.69 Å². The number of hydrogen-bond donors (Lipinski definition) is 2. The van der Waals surface area contributed by atoms with Crippen molar-refractivity contribution in [3.05, 3.63) is 17.3 Å². The van der Waals surface area contributed by atoms with Crippen LogP contribution in [0.1, 0.15) is 17.3 Å². The van der Waals surface area contributed by atoms with Gasteiger partial charge in [0.2, 0.25) is 5.89 Å². The molecule has 0 unspecified atom stereocenters. The Labute approximate surface area is 97.8 Å². The Kier molecular flexibility index (Phi) is 4.22. The second-order valence-corrected chi connectivity index (χ2v) is 3.27. The number of amides is 2. The van der Waals surface area contributed by atoms with Crippen molar-refractivity contribution < 1.29 is 14.0 Å². The van der Waals surface area contributed by atoms with E-state index in [-0.39, 0.29) is 13.1 Å². The van der Waals surface area contributed by atoms with Crippen LogP contribution in [0.15, 0.2) is 4.42 Å². The monoisotopic (exact) mass is 236 g/mol. The van der Waals surface area contributed by atoms with Crippen LogP contribution in [-0.4, -0.2) is 23.3 Å². The summed E-state index contributed by atoms with van der Waals surface area (Å²) in [5.74, 6) is -0.676. The normalized spacial score (nSPS) is 9.47. The summed E-state index contributed by atoms with van der Waals surface area (Å²) >= 11 is 0. The molecule has 0 aromatic carbocycles. The molecule has 0 saturated carbocycles. The minimum atomic E-state index is -0.855. The summed E-state index contributed by atoms with van der Waals surface area (Å²) in [4.78, 5) is 26.3. The van der Waals surface area contributed by atoms with Gasteiger partial charge in [-0.25, -0.2) is 4.98 Å². The Hall–Kier alpha value is -2.36. The molecule has 0 radical (unpaired) electrons. The van der Waals surface area contributed by atoms with Crippen LogP contribution in [0.3, 0.4) is 0 Å². The molecule has 7 heteroatoms. The number of nitriles is 1. The molecule has 0 aliphatic heterocycles. The van der Waals surface area contributed by atoms with E-state index in [2.05, 4.69) is 15.6 Å². The quantitative estimate of drug-likeness (QED) is 0.545. The molecule has 0 aliphatic rings. The summed E-state index contributed by atoms with van der Waals surface area (Å²) in [6.07, 6.45) is 0. The molecule has 0 saturated heterocycles. The van der Waals surface area contributed by atoms with Crippen LogP contribution >= 0.6 is 0 Å². The molecule has 1 aromatic heterocycles. The van der Waals surface area contributed by atoms with Crippen molar-refractivity contribution in [2.75, 3.05) is 6.54 Å².